The maximum Gasteiger partial charge on any atom is 0.126 e. The lowest BCUT2D eigenvalue weighted by Crippen LogP contribution is -2.54. The molecule has 2 aliphatic rings. The molecule has 2 saturated heterocycles. The highest BCUT2D eigenvalue weighted by Crippen LogP contribution is 2.40. The first kappa shape index (κ1) is 12.1. The molecular formula is C15H20FNO. The van der Waals surface area contributed by atoms with E-state index in [-0.39, 0.29) is 5.82 Å². The minimum absolute atomic E-state index is 0.218. The number of fused-ring (bicyclic) bond motifs is 2. The van der Waals surface area contributed by atoms with Gasteiger partial charge in [0.1, 0.15) is 5.82 Å². The molecule has 2 aliphatic heterocycles. The van der Waals surface area contributed by atoms with Gasteiger partial charge in [-0.3, -0.25) is 0 Å². The molecule has 2 heterocycles. The van der Waals surface area contributed by atoms with Gasteiger partial charge in [0.05, 0.1) is 5.60 Å². The Morgan fingerprint density at radius 2 is 1.94 bits per heavy atom. The fourth-order valence-corrected chi connectivity index (χ4v) is 3.66. The van der Waals surface area contributed by atoms with Gasteiger partial charge in [0.2, 0.25) is 0 Å². The van der Waals surface area contributed by atoms with Crippen LogP contribution in [0.5, 0.6) is 0 Å². The summed E-state index contributed by atoms with van der Waals surface area (Å²) in [7, 11) is 0. The van der Waals surface area contributed by atoms with Crippen LogP contribution < -0.4 is 5.32 Å². The molecule has 2 fully saturated rings. The summed E-state index contributed by atoms with van der Waals surface area (Å²) in [6.07, 6.45) is 4.88. The van der Waals surface area contributed by atoms with Crippen molar-refractivity contribution in [2.45, 2.75) is 56.7 Å². The van der Waals surface area contributed by atoms with E-state index in [1.807, 2.05) is 6.07 Å². The van der Waals surface area contributed by atoms with Gasteiger partial charge in [-0.25, -0.2) is 4.39 Å². The van der Waals surface area contributed by atoms with Crippen molar-refractivity contribution in [3.05, 3.63) is 35.1 Å². The van der Waals surface area contributed by atoms with Crippen LogP contribution in [0.25, 0.3) is 0 Å². The molecule has 0 saturated carbocycles. The van der Waals surface area contributed by atoms with Crippen molar-refractivity contribution >= 4 is 0 Å². The highest BCUT2D eigenvalue weighted by atomic mass is 19.1. The van der Waals surface area contributed by atoms with Gasteiger partial charge in [0.15, 0.2) is 0 Å². The number of benzene rings is 1. The number of aliphatic hydroxyl groups is 1. The van der Waals surface area contributed by atoms with Crippen molar-refractivity contribution in [3.8, 4) is 0 Å². The second-order valence-electron chi connectivity index (χ2n) is 5.84. The third kappa shape index (κ3) is 1.95. The zero-order valence-electron chi connectivity index (χ0n) is 10.7. The molecule has 2 unspecified atom stereocenters. The zero-order valence-corrected chi connectivity index (χ0v) is 10.7. The smallest absolute Gasteiger partial charge is 0.126 e. The SMILES string of the molecule is Cc1c(F)cccc1C1(O)CC2CCCC(C1)N2. The van der Waals surface area contributed by atoms with Gasteiger partial charge in [-0.15, -0.1) is 0 Å². The molecular weight excluding hydrogens is 229 g/mol. The molecule has 18 heavy (non-hydrogen) atoms. The molecule has 2 atom stereocenters. The van der Waals surface area contributed by atoms with Crippen molar-refractivity contribution in [1.82, 2.24) is 5.32 Å². The Bertz CT molecular complexity index is 448. The van der Waals surface area contributed by atoms with Crippen molar-refractivity contribution in [2.24, 2.45) is 0 Å². The van der Waals surface area contributed by atoms with E-state index < -0.39 is 5.60 Å². The van der Waals surface area contributed by atoms with Crippen LogP contribution in [0, 0.1) is 12.7 Å². The summed E-state index contributed by atoms with van der Waals surface area (Å²) in [5.41, 5.74) is 0.522. The minimum Gasteiger partial charge on any atom is -0.385 e. The molecule has 98 valence electrons. The molecule has 1 aromatic rings. The number of rotatable bonds is 1. The summed E-state index contributed by atoms with van der Waals surface area (Å²) >= 11 is 0. The largest absolute Gasteiger partial charge is 0.385 e. The van der Waals surface area contributed by atoms with E-state index in [4.69, 9.17) is 0 Å². The van der Waals surface area contributed by atoms with Gasteiger partial charge >= 0.3 is 0 Å². The third-order valence-corrected chi connectivity index (χ3v) is 4.51. The summed E-state index contributed by atoms with van der Waals surface area (Å²) in [5.74, 6) is -0.218. The van der Waals surface area contributed by atoms with Crippen LogP contribution in [-0.4, -0.2) is 17.2 Å². The Hall–Kier alpha value is -0.930. The topological polar surface area (TPSA) is 32.3 Å². The molecule has 0 amide bonds. The first-order valence-electron chi connectivity index (χ1n) is 6.82. The van der Waals surface area contributed by atoms with Crippen molar-refractivity contribution in [1.29, 1.82) is 0 Å². The average Bonchev–Trinajstić information content (AvgIpc) is 2.32. The van der Waals surface area contributed by atoms with E-state index in [0.29, 0.717) is 30.5 Å². The van der Waals surface area contributed by atoms with E-state index in [2.05, 4.69) is 5.32 Å². The Labute approximate surface area is 107 Å². The fourth-order valence-electron chi connectivity index (χ4n) is 3.66. The average molecular weight is 249 g/mol. The molecule has 3 heteroatoms. The van der Waals surface area contributed by atoms with Gasteiger partial charge in [-0.1, -0.05) is 18.6 Å². The molecule has 0 aliphatic carbocycles. The molecule has 2 bridgehead atoms. The van der Waals surface area contributed by atoms with E-state index in [0.717, 1.165) is 18.4 Å². The lowest BCUT2D eigenvalue weighted by molar-refractivity contribution is -0.0365. The predicted molar refractivity (Wildman–Crippen MR) is 68.8 cm³/mol. The van der Waals surface area contributed by atoms with E-state index in [1.54, 1.807) is 13.0 Å². The van der Waals surface area contributed by atoms with Gasteiger partial charge in [0, 0.05) is 12.1 Å². The van der Waals surface area contributed by atoms with Gasteiger partial charge in [-0.2, -0.15) is 0 Å². The number of hydrogen-bond acceptors (Lipinski definition) is 2. The monoisotopic (exact) mass is 249 g/mol. The lowest BCUT2D eigenvalue weighted by Gasteiger charge is -2.46. The Morgan fingerprint density at radius 1 is 1.28 bits per heavy atom. The molecule has 0 spiro atoms. The van der Waals surface area contributed by atoms with Gasteiger partial charge in [-0.05, 0) is 49.8 Å². The number of halogens is 1. The summed E-state index contributed by atoms with van der Waals surface area (Å²) in [4.78, 5) is 0. The Morgan fingerprint density at radius 3 is 2.61 bits per heavy atom. The van der Waals surface area contributed by atoms with Crippen LogP contribution in [0.4, 0.5) is 4.39 Å². The third-order valence-electron chi connectivity index (χ3n) is 4.51. The summed E-state index contributed by atoms with van der Waals surface area (Å²) in [5, 5.41) is 14.5. The van der Waals surface area contributed by atoms with Gasteiger partial charge < -0.3 is 10.4 Å². The standard InChI is InChI=1S/C15H20FNO/c1-10-13(6-3-7-14(10)16)15(18)8-11-4-2-5-12(9-15)17-11/h3,6-7,11-12,17-18H,2,4-5,8-9H2,1H3. The fraction of sp³-hybridized carbons (Fsp3) is 0.600. The summed E-state index contributed by atoms with van der Waals surface area (Å²) < 4.78 is 13.7. The highest BCUT2D eigenvalue weighted by Gasteiger charge is 2.42. The molecule has 3 rings (SSSR count). The predicted octanol–water partition coefficient (Wildman–Crippen LogP) is 2.63. The Kier molecular flexibility index (Phi) is 2.91. The molecule has 0 aromatic heterocycles. The first-order valence-corrected chi connectivity index (χ1v) is 6.82. The number of hydrogen-bond donors (Lipinski definition) is 2. The maximum absolute atomic E-state index is 13.7. The summed E-state index contributed by atoms with van der Waals surface area (Å²) in [6, 6.07) is 5.80. The maximum atomic E-state index is 13.7. The Balaban J connectivity index is 1.96. The van der Waals surface area contributed by atoms with E-state index in [1.165, 1.54) is 12.5 Å². The zero-order chi connectivity index (χ0) is 12.8. The second-order valence-corrected chi connectivity index (χ2v) is 5.84. The van der Waals surface area contributed by atoms with Crippen LogP contribution in [-0.2, 0) is 5.60 Å². The highest BCUT2D eigenvalue weighted by molar-refractivity contribution is 5.33. The van der Waals surface area contributed by atoms with Crippen LogP contribution in [0.2, 0.25) is 0 Å². The van der Waals surface area contributed by atoms with Crippen LogP contribution in [0.3, 0.4) is 0 Å². The van der Waals surface area contributed by atoms with Crippen molar-refractivity contribution in [3.63, 3.8) is 0 Å². The molecule has 2 N–H and O–H groups in total. The minimum atomic E-state index is -0.854. The second kappa shape index (κ2) is 4.32. The summed E-state index contributed by atoms with van der Waals surface area (Å²) in [6.45, 7) is 1.76. The van der Waals surface area contributed by atoms with Crippen LogP contribution in [0.1, 0.15) is 43.2 Å². The first-order chi connectivity index (χ1) is 8.58. The van der Waals surface area contributed by atoms with E-state index in [9.17, 15) is 9.50 Å². The molecule has 0 radical (unpaired) electrons. The van der Waals surface area contributed by atoms with Crippen molar-refractivity contribution < 1.29 is 9.50 Å². The van der Waals surface area contributed by atoms with Gasteiger partial charge in [0.25, 0.3) is 0 Å². The quantitative estimate of drug-likeness (QED) is 0.802. The van der Waals surface area contributed by atoms with Crippen LogP contribution >= 0.6 is 0 Å². The molecule has 2 nitrogen and oxygen atoms in total. The van der Waals surface area contributed by atoms with Crippen molar-refractivity contribution in [2.75, 3.05) is 0 Å². The van der Waals surface area contributed by atoms with Crippen LogP contribution in [0.15, 0.2) is 18.2 Å². The van der Waals surface area contributed by atoms with E-state index >= 15 is 0 Å². The molecule has 1 aromatic carbocycles. The number of piperidine rings is 2. The number of nitrogens with one attached hydrogen (secondary N) is 1. The lowest BCUT2D eigenvalue weighted by atomic mass is 9.73. The normalized spacial score (nSPS) is 35.5.